The van der Waals surface area contributed by atoms with Crippen LogP contribution >= 0.6 is 0 Å². The lowest BCUT2D eigenvalue weighted by Crippen LogP contribution is -2.56. The molecule has 0 aliphatic carbocycles. The van der Waals surface area contributed by atoms with Gasteiger partial charge in [-0.2, -0.15) is 0 Å². The van der Waals surface area contributed by atoms with Gasteiger partial charge in [0, 0.05) is 12.1 Å². The minimum absolute atomic E-state index is 0.179. The van der Waals surface area contributed by atoms with Gasteiger partial charge in [-0.1, -0.05) is 13.8 Å². The predicted octanol–water partition coefficient (Wildman–Crippen LogP) is 2.29. The van der Waals surface area contributed by atoms with Crippen molar-refractivity contribution >= 4 is 6.09 Å². The zero-order valence-electron chi connectivity index (χ0n) is 11.7. The maximum Gasteiger partial charge on any atom is 0.407 e. The first-order valence-corrected chi connectivity index (χ1v) is 6.52. The molecule has 1 rings (SSSR count). The monoisotopic (exact) mass is 242 g/mol. The molecular formula is C13H26N2O2. The van der Waals surface area contributed by atoms with Crippen LogP contribution in [0, 0.1) is 5.92 Å². The van der Waals surface area contributed by atoms with E-state index in [-0.39, 0.29) is 12.1 Å². The number of hydrogen-bond acceptors (Lipinski definition) is 3. The Morgan fingerprint density at radius 3 is 2.59 bits per heavy atom. The summed E-state index contributed by atoms with van der Waals surface area (Å²) in [7, 11) is 0. The van der Waals surface area contributed by atoms with Crippen molar-refractivity contribution in [3.8, 4) is 0 Å². The molecule has 0 radical (unpaired) electrons. The van der Waals surface area contributed by atoms with Crippen molar-refractivity contribution < 1.29 is 9.53 Å². The number of nitrogens with one attached hydrogen (secondary N) is 2. The Labute approximate surface area is 104 Å². The molecule has 1 fully saturated rings. The molecule has 2 atom stereocenters. The zero-order valence-corrected chi connectivity index (χ0v) is 11.7. The second-order valence-electron chi connectivity index (χ2n) is 6.12. The first-order valence-electron chi connectivity index (χ1n) is 6.52. The Morgan fingerprint density at radius 2 is 2.06 bits per heavy atom. The number of amides is 1. The summed E-state index contributed by atoms with van der Waals surface area (Å²) in [6.45, 7) is 11.0. The minimum atomic E-state index is -0.431. The average Bonchev–Trinajstić information content (AvgIpc) is 2.14. The average molecular weight is 242 g/mol. The zero-order chi connectivity index (χ0) is 13.1. The van der Waals surface area contributed by atoms with Crippen LogP contribution in [0.25, 0.3) is 0 Å². The van der Waals surface area contributed by atoms with Gasteiger partial charge in [0.05, 0.1) is 0 Å². The van der Waals surface area contributed by atoms with Crippen molar-refractivity contribution in [2.75, 3.05) is 6.54 Å². The molecule has 2 N–H and O–H groups in total. The van der Waals surface area contributed by atoms with E-state index in [1.165, 1.54) is 0 Å². The van der Waals surface area contributed by atoms with Gasteiger partial charge in [0.25, 0.3) is 0 Å². The molecular weight excluding hydrogens is 216 g/mol. The number of carbonyl (C=O) groups is 1. The van der Waals surface area contributed by atoms with Crippen LogP contribution in [0.3, 0.4) is 0 Å². The second kappa shape index (κ2) is 5.71. The molecule has 0 spiro atoms. The molecule has 0 aromatic rings. The Balaban J connectivity index is 2.50. The quantitative estimate of drug-likeness (QED) is 0.781. The van der Waals surface area contributed by atoms with Gasteiger partial charge in [0.15, 0.2) is 0 Å². The van der Waals surface area contributed by atoms with Gasteiger partial charge >= 0.3 is 6.09 Å². The van der Waals surface area contributed by atoms with Crippen LogP contribution < -0.4 is 10.6 Å². The highest BCUT2D eigenvalue weighted by molar-refractivity contribution is 5.68. The highest BCUT2D eigenvalue weighted by Crippen LogP contribution is 2.16. The largest absolute Gasteiger partial charge is 0.444 e. The van der Waals surface area contributed by atoms with E-state index >= 15 is 0 Å². The lowest BCUT2D eigenvalue weighted by molar-refractivity contribution is 0.0473. The molecule has 0 aromatic carbocycles. The number of rotatable bonds is 2. The van der Waals surface area contributed by atoms with Crippen LogP contribution in [-0.4, -0.2) is 30.3 Å². The summed E-state index contributed by atoms with van der Waals surface area (Å²) >= 11 is 0. The smallest absolute Gasteiger partial charge is 0.407 e. The second-order valence-corrected chi connectivity index (χ2v) is 6.12. The van der Waals surface area contributed by atoms with Gasteiger partial charge < -0.3 is 15.4 Å². The number of hydrogen-bond donors (Lipinski definition) is 2. The van der Waals surface area contributed by atoms with Crippen molar-refractivity contribution in [2.24, 2.45) is 5.92 Å². The predicted molar refractivity (Wildman–Crippen MR) is 69.0 cm³/mol. The molecule has 0 saturated carbocycles. The first-order chi connectivity index (χ1) is 7.79. The molecule has 100 valence electrons. The topological polar surface area (TPSA) is 50.4 Å². The Hall–Kier alpha value is -0.770. The summed E-state index contributed by atoms with van der Waals surface area (Å²) in [5.41, 5.74) is -0.431. The van der Waals surface area contributed by atoms with Crippen LogP contribution in [-0.2, 0) is 4.74 Å². The standard InChI is InChI=1S/C13H26N2O2/c1-9(2)11-10(7-6-8-14-11)15-12(16)17-13(3,4)5/h9-11,14H,6-8H2,1-5H3,(H,15,16)/t10-,11-/m1/s1. The van der Waals surface area contributed by atoms with E-state index in [1.54, 1.807) is 0 Å². The first kappa shape index (κ1) is 14.3. The van der Waals surface area contributed by atoms with E-state index in [1.807, 2.05) is 20.8 Å². The lowest BCUT2D eigenvalue weighted by Gasteiger charge is -2.36. The fourth-order valence-corrected chi connectivity index (χ4v) is 2.23. The van der Waals surface area contributed by atoms with Crippen LogP contribution in [0.15, 0.2) is 0 Å². The van der Waals surface area contributed by atoms with E-state index in [0.29, 0.717) is 12.0 Å². The van der Waals surface area contributed by atoms with Gasteiger partial charge in [0.2, 0.25) is 0 Å². The third kappa shape index (κ3) is 4.94. The maximum absolute atomic E-state index is 11.7. The molecule has 1 amide bonds. The molecule has 1 saturated heterocycles. The highest BCUT2D eigenvalue weighted by atomic mass is 16.6. The van der Waals surface area contributed by atoms with E-state index in [9.17, 15) is 4.79 Å². The summed E-state index contributed by atoms with van der Waals surface area (Å²) in [4.78, 5) is 11.7. The van der Waals surface area contributed by atoms with Crippen molar-refractivity contribution in [3.63, 3.8) is 0 Å². The van der Waals surface area contributed by atoms with E-state index in [2.05, 4.69) is 24.5 Å². The van der Waals surface area contributed by atoms with Crippen molar-refractivity contribution in [1.29, 1.82) is 0 Å². The molecule has 0 aromatic heterocycles. The van der Waals surface area contributed by atoms with Crippen LogP contribution in [0.2, 0.25) is 0 Å². The highest BCUT2D eigenvalue weighted by Gasteiger charge is 2.29. The molecule has 4 nitrogen and oxygen atoms in total. The van der Waals surface area contributed by atoms with Gasteiger partial charge in [-0.3, -0.25) is 0 Å². The van der Waals surface area contributed by atoms with Gasteiger partial charge in [-0.15, -0.1) is 0 Å². The van der Waals surface area contributed by atoms with E-state index in [4.69, 9.17) is 4.74 Å². The van der Waals surface area contributed by atoms with Gasteiger partial charge in [0.1, 0.15) is 5.60 Å². The normalized spacial score (nSPS) is 25.8. The third-order valence-corrected chi connectivity index (χ3v) is 2.93. The van der Waals surface area contributed by atoms with Crippen LogP contribution in [0.5, 0.6) is 0 Å². The van der Waals surface area contributed by atoms with Crippen LogP contribution in [0.4, 0.5) is 4.79 Å². The summed E-state index contributed by atoms with van der Waals surface area (Å²) in [6.07, 6.45) is 1.82. The molecule has 17 heavy (non-hydrogen) atoms. The fraction of sp³-hybridized carbons (Fsp3) is 0.923. The number of piperidine rings is 1. The molecule has 4 heteroatoms. The summed E-state index contributed by atoms with van der Waals surface area (Å²) in [5.74, 6) is 0.509. The van der Waals surface area contributed by atoms with Crippen molar-refractivity contribution in [3.05, 3.63) is 0 Å². The molecule has 0 unspecified atom stereocenters. The van der Waals surface area contributed by atoms with Gasteiger partial charge in [-0.05, 0) is 46.1 Å². The number of carbonyl (C=O) groups excluding carboxylic acids is 1. The number of alkyl carbamates (subject to hydrolysis) is 1. The van der Waals surface area contributed by atoms with E-state index in [0.717, 1.165) is 19.4 Å². The Kier molecular flexibility index (Phi) is 4.80. The molecule has 1 aliphatic heterocycles. The van der Waals surface area contributed by atoms with Crippen LogP contribution in [0.1, 0.15) is 47.5 Å². The third-order valence-electron chi connectivity index (χ3n) is 2.93. The van der Waals surface area contributed by atoms with Crippen molar-refractivity contribution in [1.82, 2.24) is 10.6 Å². The van der Waals surface area contributed by atoms with Crippen molar-refractivity contribution in [2.45, 2.75) is 65.1 Å². The molecule has 1 aliphatic rings. The minimum Gasteiger partial charge on any atom is -0.444 e. The SMILES string of the molecule is CC(C)[C@H]1NCCC[C@H]1NC(=O)OC(C)(C)C. The Morgan fingerprint density at radius 1 is 1.41 bits per heavy atom. The summed E-state index contributed by atoms with van der Waals surface area (Å²) < 4.78 is 5.29. The summed E-state index contributed by atoms with van der Waals surface area (Å²) in [5, 5.41) is 6.45. The molecule has 0 bridgehead atoms. The van der Waals surface area contributed by atoms with Gasteiger partial charge in [-0.25, -0.2) is 4.79 Å². The number of ether oxygens (including phenoxy) is 1. The fourth-order valence-electron chi connectivity index (χ4n) is 2.23. The summed E-state index contributed by atoms with van der Waals surface area (Å²) in [6, 6.07) is 0.523. The molecule has 1 heterocycles. The maximum atomic E-state index is 11.7. The Bertz CT molecular complexity index is 259. The lowest BCUT2D eigenvalue weighted by atomic mass is 9.90. The van der Waals surface area contributed by atoms with E-state index < -0.39 is 5.60 Å².